The number of ether oxygens (including phenoxy) is 6. The minimum Gasteiger partial charge on any atom is -0.464 e. The second-order valence-corrected chi connectivity index (χ2v) is 5.78. The molecule has 1 fully saturated rings. The zero-order valence-corrected chi connectivity index (χ0v) is 15.4. The first-order valence-corrected chi connectivity index (χ1v) is 8.09. The standard InChI is InChI=1S/C18H26O7/c1-6-24-15(19)17(14-10-8-7-9-11-14)12-16(20-2,21-3)13-18(22-4,23-5)25-17/h7-11H,6,12-13H2,1-5H3/t17-/m1/s1. The van der Waals surface area contributed by atoms with Gasteiger partial charge in [-0.05, 0) is 12.5 Å². The van der Waals surface area contributed by atoms with Crippen molar-refractivity contribution in [3.8, 4) is 0 Å². The first kappa shape index (κ1) is 19.8. The van der Waals surface area contributed by atoms with Crippen LogP contribution in [0.3, 0.4) is 0 Å². The van der Waals surface area contributed by atoms with Gasteiger partial charge in [-0.25, -0.2) is 4.79 Å². The molecule has 0 unspecified atom stereocenters. The zero-order valence-electron chi connectivity index (χ0n) is 15.4. The molecule has 140 valence electrons. The van der Waals surface area contributed by atoms with Crippen LogP contribution in [0, 0.1) is 0 Å². The number of hydrogen-bond donors (Lipinski definition) is 0. The summed E-state index contributed by atoms with van der Waals surface area (Å²) < 4.78 is 33.7. The highest BCUT2D eigenvalue weighted by Gasteiger charge is 2.62. The van der Waals surface area contributed by atoms with Gasteiger partial charge in [0.15, 0.2) is 5.79 Å². The van der Waals surface area contributed by atoms with Crippen LogP contribution in [0.1, 0.15) is 25.3 Å². The highest BCUT2D eigenvalue weighted by atomic mass is 16.9. The first-order valence-electron chi connectivity index (χ1n) is 8.09. The molecule has 1 aromatic rings. The second-order valence-electron chi connectivity index (χ2n) is 5.78. The van der Waals surface area contributed by atoms with Crippen LogP contribution in [0.4, 0.5) is 0 Å². The van der Waals surface area contributed by atoms with E-state index in [4.69, 9.17) is 28.4 Å². The quantitative estimate of drug-likeness (QED) is 0.549. The predicted molar refractivity (Wildman–Crippen MR) is 88.6 cm³/mol. The van der Waals surface area contributed by atoms with E-state index < -0.39 is 23.3 Å². The van der Waals surface area contributed by atoms with Gasteiger partial charge in [0, 0.05) is 34.9 Å². The number of rotatable bonds is 7. The van der Waals surface area contributed by atoms with Crippen molar-refractivity contribution in [2.75, 3.05) is 35.0 Å². The van der Waals surface area contributed by atoms with Gasteiger partial charge in [0.1, 0.15) is 0 Å². The summed E-state index contributed by atoms with van der Waals surface area (Å²) in [6.45, 7) is 1.94. The Morgan fingerprint density at radius 3 is 2.08 bits per heavy atom. The molecule has 1 heterocycles. The van der Waals surface area contributed by atoms with Crippen LogP contribution in [0.5, 0.6) is 0 Å². The van der Waals surface area contributed by atoms with Crippen LogP contribution in [0.15, 0.2) is 30.3 Å². The normalized spacial score (nSPS) is 24.7. The molecule has 1 aromatic carbocycles. The van der Waals surface area contributed by atoms with Crippen molar-refractivity contribution in [1.82, 2.24) is 0 Å². The monoisotopic (exact) mass is 354 g/mol. The average Bonchev–Trinajstić information content (AvgIpc) is 2.68. The molecule has 0 bridgehead atoms. The maximum Gasteiger partial charge on any atom is 0.343 e. The van der Waals surface area contributed by atoms with Crippen molar-refractivity contribution in [1.29, 1.82) is 0 Å². The summed E-state index contributed by atoms with van der Waals surface area (Å²) in [6, 6.07) is 9.06. The number of carbonyl (C=O) groups is 1. The summed E-state index contributed by atoms with van der Waals surface area (Å²) in [5.41, 5.74) is -0.904. The Kier molecular flexibility index (Phi) is 6.18. The molecule has 1 aliphatic heterocycles. The molecule has 0 spiro atoms. The lowest BCUT2D eigenvalue weighted by molar-refractivity contribution is -0.455. The molecular formula is C18H26O7. The smallest absolute Gasteiger partial charge is 0.343 e. The van der Waals surface area contributed by atoms with Crippen LogP contribution >= 0.6 is 0 Å². The number of benzene rings is 1. The highest BCUT2D eigenvalue weighted by Crippen LogP contribution is 2.49. The van der Waals surface area contributed by atoms with Crippen molar-refractivity contribution in [3.05, 3.63) is 35.9 Å². The third kappa shape index (κ3) is 3.56. The molecule has 1 saturated heterocycles. The van der Waals surface area contributed by atoms with Gasteiger partial charge in [-0.15, -0.1) is 0 Å². The third-order valence-corrected chi connectivity index (χ3v) is 4.55. The summed E-state index contributed by atoms with van der Waals surface area (Å²) in [5.74, 6) is -3.25. The van der Waals surface area contributed by atoms with E-state index in [1.165, 1.54) is 28.4 Å². The number of hydrogen-bond acceptors (Lipinski definition) is 7. The molecule has 0 aromatic heterocycles. The summed E-state index contributed by atoms with van der Waals surface area (Å²) in [7, 11) is 5.88. The Bertz CT molecular complexity index is 544. The Morgan fingerprint density at radius 2 is 1.60 bits per heavy atom. The second kappa shape index (κ2) is 7.80. The summed E-state index contributed by atoms with van der Waals surface area (Å²) in [4.78, 5) is 13.0. The molecule has 0 aliphatic carbocycles. The topological polar surface area (TPSA) is 72.5 Å². The molecule has 0 amide bonds. The summed E-state index contributed by atoms with van der Waals surface area (Å²) in [6.07, 6.45) is 0.207. The van der Waals surface area contributed by atoms with Crippen molar-refractivity contribution < 1.29 is 33.2 Å². The van der Waals surface area contributed by atoms with E-state index in [1.807, 2.05) is 18.2 Å². The third-order valence-electron chi connectivity index (χ3n) is 4.55. The Morgan fingerprint density at radius 1 is 1.00 bits per heavy atom. The van der Waals surface area contributed by atoms with Crippen LogP contribution in [0.2, 0.25) is 0 Å². The van der Waals surface area contributed by atoms with Gasteiger partial charge in [-0.1, -0.05) is 30.3 Å². The molecule has 2 rings (SSSR count). The lowest BCUT2D eigenvalue weighted by atomic mass is 9.82. The average molecular weight is 354 g/mol. The molecule has 7 heteroatoms. The van der Waals surface area contributed by atoms with Crippen LogP contribution in [0.25, 0.3) is 0 Å². The van der Waals surface area contributed by atoms with Gasteiger partial charge < -0.3 is 28.4 Å². The fraction of sp³-hybridized carbons (Fsp3) is 0.611. The van der Waals surface area contributed by atoms with E-state index in [1.54, 1.807) is 19.1 Å². The minimum absolute atomic E-state index is 0.0876. The van der Waals surface area contributed by atoms with Gasteiger partial charge in [0.2, 0.25) is 5.60 Å². The van der Waals surface area contributed by atoms with Gasteiger partial charge in [-0.3, -0.25) is 0 Å². The van der Waals surface area contributed by atoms with E-state index in [0.29, 0.717) is 5.56 Å². The molecule has 0 radical (unpaired) electrons. The van der Waals surface area contributed by atoms with E-state index in [-0.39, 0.29) is 19.4 Å². The predicted octanol–water partition coefficient (Wildman–Crippen LogP) is 2.19. The fourth-order valence-electron chi connectivity index (χ4n) is 3.14. The largest absolute Gasteiger partial charge is 0.464 e. The van der Waals surface area contributed by atoms with Crippen molar-refractivity contribution in [2.24, 2.45) is 0 Å². The summed E-state index contributed by atoms with van der Waals surface area (Å²) in [5, 5.41) is 0. The zero-order chi connectivity index (χ0) is 18.6. The van der Waals surface area contributed by atoms with Gasteiger partial charge in [0.25, 0.3) is 5.97 Å². The first-order chi connectivity index (χ1) is 12.0. The van der Waals surface area contributed by atoms with E-state index >= 15 is 0 Å². The Labute approximate surface area is 148 Å². The molecule has 7 nitrogen and oxygen atoms in total. The number of esters is 1. The van der Waals surface area contributed by atoms with Gasteiger partial charge >= 0.3 is 5.97 Å². The lowest BCUT2D eigenvalue weighted by Gasteiger charge is -2.51. The molecule has 1 aliphatic rings. The maximum atomic E-state index is 13.0. The van der Waals surface area contributed by atoms with Crippen LogP contribution < -0.4 is 0 Å². The van der Waals surface area contributed by atoms with E-state index in [0.717, 1.165) is 0 Å². The summed E-state index contributed by atoms with van der Waals surface area (Å²) >= 11 is 0. The van der Waals surface area contributed by atoms with Crippen LogP contribution in [-0.4, -0.2) is 52.8 Å². The van der Waals surface area contributed by atoms with Crippen molar-refractivity contribution >= 4 is 5.97 Å². The van der Waals surface area contributed by atoms with Crippen molar-refractivity contribution in [3.63, 3.8) is 0 Å². The highest BCUT2D eigenvalue weighted by molar-refractivity contribution is 5.82. The number of methoxy groups -OCH3 is 4. The Hall–Kier alpha value is -1.51. The van der Waals surface area contributed by atoms with E-state index in [2.05, 4.69) is 0 Å². The molecule has 0 N–H and O–H groups in total. The fourth-order valence-corrected chi connectivity index (χ4v) is 3.14. The minimum atomic E-state index is -1.53. The molecule has 1 atom stereocenters. The molecule has 25 heavy (non-hydrogen) atoms. The lowest BCUT2D eigenvalue weighted by Crippen LogP contribution is -2.62. The molecular weight excluding hydrogens is 328 g/mol. The van der Waals surface area contributed by atoms with Gasteiger partial charge in [0.05, 0.1) is 13.0 Å². The van der Waals surface area contributed by atoms with Crippen LogP contribution in [-0.2, 0) is 38.8 Å². The van der Waals surface area contributed by atoms with Gasteiger partial charge in [-0.2, -0.15) is 0 Å². The molecule has 0 saturated carbocycles. The van der Waals surface area contributed by atoms with Crippen molar-refractivity contribution in [2.45, 2.75) is 37.1 Å². The Balaban J connectivity index is 2.65. The maximum absolute atomic E-state index is 13.0. The van der Waals surface area contributed by atoms with E-state index in [9.17, 15) is 4.79 Å². The number of carbonyl (C=O) groups excluding carboxylic acids is 1. The SMILES string of the molecule is CCOC(=O)[C@]1(c2ccccc2)CC(OC)(OC)CC(OC)(OC)O1.